The molecular weight excluding hydrogens is 320 g/mol. The zero-order valence-corrected chi connectivity index (χ0v) is 12.7. The maximum atomic E-state index is 12.1. The summed E-state index contributed by atoms with van der Waals surface area (Å²) in [5.74, 6) is -3.28. The summed E-state index contributed by atoms with van der Waals surface area (Å²) in [4.78, 5) is 47.6. The Morgan fingerprint density at radius 1 is 1.25 bits per heavy atom. The van der Waals surface area contributed by atoms with Crippen LogP contribution in [0.5, 0.6) is 0 Å². The molecule has 0 saturated carbocycles. The lowest BCUT2D eigenvalue weighted by Gasteiger charge is -2.14. The molecule has 3 amide bonds. The lowest BCUT2D eigenvalue weighted by atomic mass is 10.2. The Bertz CT molecular complexity index is 659. The summed E-state index contributed by atoms with van der Waals surface area (Å²) in [5, 5.41) is 9.09. The molecule has 9 heteroatoms. The zero-order valence-electron chi connectivity index (χ0n) is 12.7. The van der Waals surface area contributed by atoms with Gasteiger partial charge in [0.25, 0.3) is 11.8 Å². The molecule has 128 valence electrons. The molecule has 24 heavy (non-hydrogen) atoms. The lowest BCUT2D eigenvalue weighted by molar-refractivity contribution is -0.163. The molecule has 0 bridgehead atoms. The second-order valence-corrected chi connectivity index (χ2v) is 5.11. The van der Waals surface area contributed by atoms with E-state index in [1.807, 2.05) is 0 Å². The van der Waals surface area contributed by atoms with E-state index in [1.54, 1.807) is 30.3 Å². The highest BCUT2D eigenvalue weighted by molar-refractivity contribution is 6.18. The van der Waals surface area contributed by atoms with Crippen molar-refractivity contribution >= 4 is 23.9 Å². The number of likely N-dealkylation sites (tertiary alicyclic amines) is 1. The van der Waals surface area contributed by atoms with Gasteiger partial charge in [-0.15, -0.1) is 0 Å². The van der Waals surface area contributed by atoms with Gasteiger partial charge in [-0.1, -0.05) is 30.3 Å². The number of imide groups is 3. The average molecular weight is 336 g/mol. The van der Waals surface area contributed by atoms with Gasteiger partial charge in [0, 0.05) is 0 Å². The number of nitrogens with zero attached hydrogens (tertiary/aromatic N) is 1. The molecule has 1 heterocycles. The molecule has 1 aromatic rings. The van der Waals surface area contributed by atoms with Crippen LogP contribution in [0.4, 0.5) is 4.79 Å². The van der Waals surface area contributed by atoms with Gasteiger partial charge in [0.2, 0.25) is 6.10 Å². The van der Waals surface area contributed by atoms with Crippen LogP contribution in [0.25, 0.3) is 0 Å². The molecule has 0 aromatic heterocycles. The van der Waals surface area contributed by atoms with E-state index in [9.17, 15) is 19.2 Å². The van der Waals surface area contributed by atoms with Crippen molar-refractivity contribution in [1.82, 2.24) is 4.90 Å². The standard InChI is InChI=1S/C15H16N2O7/c1-8(18)14(21)24-11-10(16)12(19)17(13(11)20)15(22)23-7-9-5-3-2-4-6-9/h2-6,8,10-11,18H,7,16H2,1H3/t8?,10?,11-/m0/s1. The highest BCUT2D eigenvalue weighted by Crippen LogP contribution is 2.18. The molecule has 2 rings (SSSR count). The fourth-order valence-electron chi connectivity index (χ4n) is 1.98. The average Bonchev–Trinajstić information content (AvgIpc) is 2.77. The first-order valence-electron chi connectivity index (χ1n) is 7.05. The molecule has 1 fully saturated rings. The molecule has 0 spiro atoms. The number of ether oxygens (including phenoxy) is 2. The number of aliphatic hydroxyl groups is 1. The molecule has 2 unspecified atom stereocenters. The Morgan fingerprint density at radius 3 is 2.46 bits per heavy atom. The fourth-order valence-corrected chi connectivity index (χ4v) is 1.98. The number of carbonyl (C=O) groups excluding carboxylic acids is 4. The second kappa shape index (κ2) is 7.20. The van der Waals surface area contributed by atoms with Gasteiger partial charge in [-0.2, -0.15) is 4.90 Å². The van der Waals surface area contributed by atoms with E-state index in [2.05, 4.69) is 4.74 Å². The first-order chi connectivity index (χ1) is 11.3. The molecule has 1 aliphatic heterocycles. The third-order valence-corrected chi connectivity index (χ3v) is 3.27. The van der Waals surface area contributed by atoms with Crippen molar-refractivity contribution in [2.24, 2.45) is 5.73 Å². The van der Waals surface area contributed by atoms with Gasteiger partial charge in [-0.05, 0) is 12.5 Å². The third-order valence-electron chi connectivity index (χ3n) is 3.27. The van der Waals surface area contributed by atoms with Crippen molar-refractivity contribution in [3.63, 3.8) is 0 Å². The highest BCUT2D eigenvalue weighted by atomic mass is 16.6. The minimum Gasteiger partial charge on any atom is -0.448 e. The van der Waals surface area contributed by atoms with Crippen LogP contribution in [0, 0.1) is 0 Å². The summed E-state index contributed by atoms with van der Waals surface area (Å²) in [7, 11) is 0. The highest BCUT2D eigenvalue weighted by Gasteiger charge is 2.52. The summed E-state index contributed by atoms with van der Waals surface area (Å²) in [6.07, 6.45) is -4.39. The first-order valence-corrected chi connectivity index (χ1v) is 7.05. The molecule has 3 atom stereocenters. The molecular formula is C15H16N2O7. The second-order valence-electron chi connectivity index (χ2n) is 5.11. The van der Waals surface area contributed by atoms with Crippen molar-refractivity contribution in [2.45, 2.75) is 31.8 Å². The third kappa shape index (κ3) is 3.58. The largest absolute Gasteiger partial charge is 0.448 e. The van der Waals surface area contributed by atoms with E-state index in [4.69, 9.17) is 15.6 Å². The number of hydrogen-bond acceptors (Lipinski definition) is 8. The van der Waals surface area contributed by atoms with Gasteiger partial charge >= 0.3 is 12.1 Å². The quantitative estimate of drug-likeness (QED) is 0.545. The summed E-state index contributed by atoms with van der Waals surface area (Å²) >= 11 is 0. The normalized spacial score (nSPS) is 21.5. The number of carbonyl (C=O) groups is 4. The van der Waals surface area contributed by atoms with E-state index < -0.39 is 42.1 Å². The van der Waals surface area contributed by atoms with E-state index in [0.29, 0.717) is 5.56 Å². The van der Waals surface area contributed by atoms with Crippen molar-refractivity contribution in [2.75, 3.05) is 0 Å². The van der Waals surface area contributed by atoms with Crippen molar-refractivity contribution in [3.8, 4) is 0 Å². The number of esters is 1. The predicted octanol–water partition coefficient (Wildman–Crippen LogP) is -0.688. The molecule has 1 aromatic carbocycles. The predicted molar refractivity (Wildman–Crippen MR) is 78.0 cm³/mol. The van der Waals surface area contributed by atoms with Crippen LogP contribution in [0.15, 0.2) is 30.3 Å². The fraction of sp³-hybridized carbons (Fsp3) is 0.333. The number of rotatable bonds is 4. The van der Waals surface area contributed by atoms with Crippen LogP contribution in [0.2, 0.25) is 0 Å². The molecule has 0 radical (unpaired) electrons. The van der Waals surface area contributed by atoms with Gasteiger partial charge in [-0.3, -0.25) is 9.59 Å². The smallest absolute Gasteiger partial charge is 0.424 e. The zero-order chi connectivity index (χ0) is 17.9. The summed E-state index contributed by atoms with van der Waals surface area (Å²) in [5.41, 5.74) is 6.18. The van der Waals surface area contributed by atoms with Gasteiger partial charge in [-0.25, -0.2) is 9.59 Å². The Hall–Kier alpha value is -2.78. The number of amides is 3. The molecule has 9 nitrogen and oxygen atoms in total. The van der Waals surface area contributed by atoms with E-state index in [1.165, 1.54) is 0 Å². The number of nitrogens with two attached hydrogens (primary N) is 1. The van der Waals surface area contributed by atoms with E-state index in [-0.39, 0.29) is 11.5 Å². The molecule has 1 saturated heterocycles. The van der Waals surface area contributed by atoms with E-state index in [0.717, 1.165) is 6.92 Å². The van der Waals surface area contributed by atoms with Crippen LogP contribution >= 0.6 is 0 Å². The summed E-state index contributed by atoms with van der Waals surface area (Å²) in [6.45, 7) is 0.977. The Morgan fingerprint density at radius 2 is 1.88 bits per heavy atom. The maximum absolute atomic E-state index is 12.1. The Labute approximate surface area is 136 Å². The van der Waals surface area contributed by atoms with Gasteiger partial charge in [0.1, 0.15) is 18.8 Å². The van der Waals surface area contributed by atoms with Crippen LogP contribution in [-0.2, 0) is 30.5 Å². The van der Waals surface area contributed by atoms with Crippen LogP contribution in [-0.4, -0.2) is 52.1 Å². The van der Waals surface area contributed by atoms with Crippen LogP contribution in [0.3, 0.4) is 0 Å². The van der Waals surface area contributed by atoms with E-state index >= 15 is 0 Å². The lowest BCUT2D eigenvalue weighted by Crippen LogP contribution is -2.42. The Kier molecular flexibility index (Phi) is 5.27. The van der Waals surface area contributed by atoms with Crippen LogP contribution < -0.4 is 5.73 Å². The minimum atomic E-state index is -1.68. The SMILES string of the molecule is CC(O)C(=O)O[C@@H]1C(=O)N(C(=O)OCc2ccccc2)C(=O)C1N. The van der Waals surface area contributed by atoms with Crippen molar-refractivity contribution in [1.29, 1.82) is 0 Å². The minimum absolute atomic E-state index is 0.149. The molecule has 0 aliphatic carbocycles. The van der Waals surface area contributed by atoms with Gasteiger partial charge in [0.05, 0.1) is 0 Å². The number of hydrogen-bond donors (Lipinski definition) is 2. The summed E-state index contributed by atoms with van der Waals surface area (Å²) < 4.78 is 9.58. The molecule has 1 aliphatic rings. The summed E-state index contributed by atoms with van der Waals surface area (Å²) in [6, 6.07) is 7.09. The van der Waals surface area contributed by atoms with Crippen molar-refractivity contribution in [3.05, 3.63) is 35.9 Å². The van der Waals surface area contributed by atoms with Crippen molar-refractivity contribution < 1.29 is 33.8 Å². The maximum Gasteiger partial charge on any atom is 0.424 e. The topological polar surface area (TPSA) is 136 Å². The Balaban J connectivity index is 2.04. The molecule has 3 N–H and O–H groups in total. The number of aliphatic hydroxyl groups excluding tert-OH is 1. The van der Waals surface area contributed by atoms with Gasteiger partial charge in [0.15, 0.2) is 0 Å². The van der Waals surface area contributed by atoms with Gasteiger partial charge < -0.3 is 20.3 Å². The monoisotopic (exact) mass is 336 g/mol. The van der Waals surface area contributed by atoms with Crippen LogP contribution in [0.1, 0.15) is 12.5 Å². The number of benzene rings is 1. The first kappa shape index (κ1) is 17.6.